The van der Waals surface area contributed by atoms with Crippen molar-refractivity contribution in [2.24, 2.45) is 0 Å². The second-order valence-corrected chi connectivity index (χ2v) is 6.77. The largest absolute Gasteiger partial charge is 0.489 e. The van der Waals surface area contributed by atoms with Crippen molar-refractivity contribution < 1.29 is 19.1 Å². The Morgan fingerprint density at radius 3 is 2.45 bits per heavy atom. The lowest BCUT2D eigenvalue weighted by Crippen LogP contribution is -2.16. The molecule has 3 rings (SSSR count). The third-order valence-electron chi connectivity index (χ3n) is 3.98. The van der Waals surface area contributed by atoms with E-state index in [4.69, 9.17) is 32.7 Å². The third kappa shape index (κ3) is 5.25. The van der Waals surface area contributed by atoms with E-state index in [1.54, 1.807) is 30.6 Å². The molecule has 0 saturated heterocycles. The van der Waals surface area contributed by atoms with Gasteiger partial charge in [0.25, 0.3) is 5.91 Å². The number of ether oxygens (including phenoxy) is 2. The van der Waals surface area contributed by atoms with Crippen LogP contribution in [0.1, 0.15) is 26.3 Å². The topological polar surface area (TPSA) is 77.5 Å². The fourth-order valence-corrected chi connectivity index (χ4v) is 3.00. The summed E-state index contributed by atoms with van der Waals surface area (Å²) >= 11 is 11.9. The number of nitrogens with one attached hydrogen (secondary N) is 1. The van der Waals surface area contributed by atoms with Crippen molar-refractivity contribution in [1.82, 2.24) is 4.98 Å². The van der Waals surface area contributed by atoms with Gasteiger partial charge in [0.1, 0.15) is 12.4 Å². The number of carbonyl (C=O) groups excluding carboxylic acids is 2. The fourth-order valence-electron chi connectivity index (χ4n) is 2.51. The lowest BCUT2D eigenvalue weighted by molar-refractivity contribution is 0.0601. The lowest BCUT2D eigenvalue weighted by Gasteiger charge is -2.13. The number of hydrogen-bond acceptors (Lipinski definition) is 5. The third-order valence-corrected chi connectivity index (χ3v) is 4.52. The Hall–Kier alpha value is -3.09. The normalized spacial score (nSPS) is 10.3. The van der Waals surface area contributed by atoms with Crippen molar-refractivity contribution in [3.63, 3.8) is 0 Å². The highest BCUT2D eigenvalue weighted by molar-refractivity contribution is 6.37. The number of amides is 1. The Morgan fingerprint density at radius 2 is 1.76 bits per heavy atom. The van der Waals surface area contributed by atoms with Crippen molar-refractivity contribution >= 4 is 40.8 Å². The molecule has 0 unspecified atom stereocenters. The van der Waals surface area contributed by atoms with Gasteiger partial charge < -0.3 is 14.8 Å². The summed E-state index contributed by atoms with van der Waals surface area (Å²) in [5.41, 5.74) is 1.57. The van der Waals surface area contributed by atoms with Crippen LogP contribution in [0.2, 0.25) is 10.0 Å². The molecule has 0 saturated carbocycles. The van der Waals surface area contributed by atoms with Gasteiger partial charge in [-0.1, -0.05) is 23.2 Å². The van der Waals surface area contributed by atoms with Gasteiger partial charge in [-0.05, 0) is 54.1 Å². The molecule has 0 atom stereocenters. The molecule has 0 aliphatic heterocycles. The van der Waals surface area contributed by atoms with Crippen LogP contribution in [-0.2, 0) is 11.3 Å². The molecule has 0 radical (unpaired) electrons. The van der Waals surface area contributed by atoms with Crippen LogP contribution in [0, 0.1) is 0 Å². The number of aromatic nitrogens is 1. The average molecular weight is 431 g/mol. The van der Waals surface area contributed by atoms with Gasteiger partial charge in [-0.25, -0.2) is 4.79 Å². The van der Waals surface area contributed by atoms with E-state index in [0.29, 0.717) is 17.4 Å². The monoisotopic (exact) mass is 430 g/mol. The highest BCUT2D eigenvalue weighted by atomic mass is 35.5. The van der Waals surface area contributed by atoms with Gasteiger partial charge in [0, 0.05) is 17.4 Å². The standard InChI is InChI=1S/C21H16Cl2N2O4/c1-28-21(27)17-11-15(29-12-13-6-8-24-9-7-13)3-5-19(17)25-20(26)16-4-2-14(22)10-18(16)23/h2-11H,12H2,1H3,(H,25,26). The zero-order valence-corrected chi connectivity index (χ0v) is 16.8. The maximum Gasteiger partial charge on any atom is 0.340 e. The molecule has 8 heteroatoms. The highest BCUT2D eigenvalue weighted by Gasteiger charge is 2.18. The number of carbonyl (C=O) groups is 2. The van der Waals surface area contributed by atoms with Crippen molar-refractivity contribution in [3.05, 3.63) is 87.7 Å². The lowest BCUT2D eigenvalue weighted by atomic mass is 10.1. The smallest absolute Gasteiger partial charge is 0.340 e. The quantitative estimate of drug-likeness (QED) is 0.556. The first-order chi connectivity index (χ1) is 14.0. The molecule has 0 spiro atoms. The number of hydrogen-bond donors (Lipinski definition) is 1. The molecule has 6 nitrogen and oxygen atoms in total. The van der Waals surface area contributed by atoms with Crippen LogP contribution >= 0.6 is 23.2 Å². The van der Waals surface area contributed by atoms with Crippen molar-refractivity contribution in [2.45, 2.75) is 6.61 Å². The van der Waals surface area contributed by atoms with Crippen LogP contribution in [0.5, 0.6) is 5.75 Å². The number of benzene rings is 2. The van der Waals surface area contributed by atoms with Crippen LogP contribution in [-0.4, -0.2) is 24.0 Å². The van der Waals surface area contributed by atoms with Gasteiger partial charge in [-0.15, -0.1) is 0 Å². The summed E-state index contributed by atoms with van der Waals surface area (Å²) in [6, 6.07) is 12.9. The van der Waals surface area contributed by atoms with E-state index in [9.17, 15) is 9.59 Å². The molecule has 0 fully saturated rings. The van der Waals surface area contributed by atoms with E-state index >= 15 is 0 Å². The van der Waals surface area contributed by atoms with E-state index in [1.165, 1.54) is 25.3 Å². The molecule has 1 aromatic heterocycles. The second-order valence-electron chi connectivity index (χ2n) is 5.92. The van der Waals surface area contributed by atoms with Gasteiger partial charge in [-0.2, -0.15) is 0 Å². The van der Waals surface area contributed by atoms with Gasteiger partial charge >= 0.3 is 5.97 Å². The second kappa shape index (κ2) is 9.41. The SMILES string of the molecule is COC(=O)c1cc(OCc2ccncc2)ccc1NC(=O)c1ccc(Cl)cc1Cl. The number of halogens is 2. The number of anilines is 1. The Bertz CT molecular complexity index is 1040. The Balaban J connectivity index is 1.82. The Labute approximate surface area is 177 Å². The van der Waals surface area contributed by atoms with E-state index in [-0.39, 0.29) is 21.8 Å². The molecular formula is C21H16Cl2N2O4. The number of methoxy groups -OCH3 is 1. The molecule has 1 N–H and O–H groups in total. The summed E-state index contributed by atoms with van der Waals surface area (Å²) < 4.78 is 10.5. The van der Waals surface area contributed by atoms with Crippen LogP contribution < -0.4 is 10.1 Å². The van der Waals surface area contributed by atoms with Crippen LogP contribution in [0.3, 0.4) is 0 Å². The highest BCUT2D eigenvalue weighted by Crippen LogP contribution is 2.26. The van der Waals surface area contributed by atoms with E-state index in [0.717, 1.165) is 5.56 Å². The maximum absolute atomic E-state index is 12.6. The molecule has 148 valence electrons. The number of rotatable bonds is 6. The zero-order valence-electron chi connectivity index (χ0n) is 15.3. The molecule has 29 heavy (non-hydrogen) atoms. The minimum absolute atomic E-state index is 0.151. The maximum atomic E-state index is 12.6. The molecule has 0 bridgehead atoms. The summed E-state index contributed by atoms with van der Waals surface area (Å²) in [5, 5.41) is 3.29. The van der Waals surface area contributed by atoms with Crippen LogP contribution in [0.4, 0.5) is 5.69 Å². The Kier molecular flexibility index (Phi) is 6.69. The van der Waals surface area contributed by atoms with Gasteiger partial charge in [0.05, 0.1) is 28.9 Å². The molecule has 1 heterocycles. The first-order valence-electron chi connectivity index (χ1n) is 8.48. The number of nitrogens with zero attached hydrogens (tertiary/aromatic N) is 1. The minimum atomic E-state index is -0.614. The summed E-state index contributed by atoms with van der Waals surface area (Å²) in [6.07, 6.45) is 3.33. The summed E-state index contributed by atoms with van der Waals surface area (Å²) in [7, 11) is 1.26. The van der Waals surface area contributed by atoms with E-state index < -0.39 is 11.9 Å². The molecule has 1 amide bonds. The summed E-state index contributed by atoms with van der Waals surface area (Å²) in [4.78, 5) is 28.7. The van der Waals surface area contributed by atoms with Gasteiger partial charge in [0.2, 0.25) is 0 Å². The predicted octanol–water partition coefficient (Wildman–Crippen LogP) is 5.01. The first kappa shape index (κ1) is 20.6. The molecule has 0 aliphatic carbocycles. The predicted molar refractivity (Wildman–Crippen MR) is 111 cm³/mol. The zero-order chi connectivity index (χ0) is 20.8. The first-order valence-corrected chi connectivity index (χ1v) is 9.24. The summed E-state index contributed by atoms with van der Waals surface area (Å²) in [6.45, 7) is 0.301. The minimum Gasteiger partial charge on any atom is -0.489 e. The fraction of sp³-hybridized carbons (Fsp3) is 0.0952. The Morgan fingerprint density at radius 1 is 1.00 bits per heavy atom. The summed E-state index contributed by atoms with van der Waals surface area (Å²) in [5.74, 6) is -0.649. The van der Waals surface area contributed by atoms with Crippen LogP contribution in [0.15, 0.2) is 60.9 Å². The number of pyridine rings is 1. The molecule has 0 aliphatic rings. The molecule has 3 aromatic rings. The van der Waals surface area contributed by atoms with Crippen LogP contribution in [0.25, 0.3) is 0 Å². The van der Waals surface area contributed by atoms with Gasteiger partial charge in [0.15, 0.2) is 0 Å². The molecule has 2 aromatic carbocycles. The average Bonchev–Trinajstić information content (AvgIpc) is 2.73. The van der Waals surface area contributed by atoms with E-state index in [1.807, 2.05) is 12.1 Å². The van der Waals surface area contributed by atoms with Crippen molar-refractivity contribution in [3.8, 4) is 5.75 Å². The molecular weight excluding hydrogens is 415 g/mol. The van der Waals surface area contributed by atoms with Gasteiger partial charge in [-0.3, -0.25) is 9.78 Å². The number of esters is 1. The van der Waals surface area contributed by atoms with Crippen molar-refractivity contribution in [2.75, 3.05) is 12.4 Å². The van der Waals surface area contributed by atoms with Crippen molar-refractivity contribution in [1.29, 1.82) is 0 Å². The van der Waals surface area contributed by atoms with E-state index in [2.05, 4.69) is 10.3 Å².